The molecule has 0 amide bonds. The fourth-order valence-corrected chi connectivity index (χ4v) is 6.10. The predicted molar refractivity (Wildman–Crippen MR) is 150 cm³/mol. The van der Waals surface area contributed by atoms with Crippen LogP contribution < -0.4 is 27.2 Å². The van der Waals surface area contributed by atoms with Gasteiger partial charge in [-0.2, -0.15) is 4.98 Å². The zero-order valence-electron chi connectivity index (χ0n) is 23.7. The lowest BCUT2D eigenvalue weighted by Crippen LogP contribution is -2.37. The Morgan fingerprint density at radius 1 is 1.14 bits per heavy atom. The predicted octanol–water partition coefficient (Wildman–Crippen LogP) is -0.950. The summed E-state index contributed by atoms with van der Waals surface area (Å²) < 4.78 is 32.4. The Labute approximate surface area is 243 Å². The summed E-state index contributed by atoms with van der Waals surface area (Å²) in [4.78, 5) is 60.3. The lowest BCUT2D eigenvalue weighted by atomic mass is 10.1. The third-order valence-corrected chi connectivity index (χ3v) is 8.40. The Bertz CT molecular complexity index is 1680. The van der Waals surface area contributed by atoms with Crippen LogP contribution in [0.5, 0.6) is 0 Å². The number of rotatable bonds is 11. The molecule has 2 aliphatic heterocycles. The highest BCUT2D eigenvalue weighted by molar-refractivity contribution is 7.50. The first-order chi connectivity index (χ1) is 20.3. The second-order valence-electron chi connectivity index (χ2n) is 11.0. The molecule has 5 rings (SSSR count). The third kappa shape index (κ3) is 6.81. The van der Waals surface area contributed by atoms with Gasteiger partial charge in [-0.25, -0.2) is 19.4 Å². The van der Waals surface area contributed by atoms with Crippen molar-refractivity contribution in [3.8, 4) is 0 Å². The van der Waals surface area contributed by atoms with E-state index in [0.29, 0.717) is 12.5 Å². The first-order valence-corrected chi connectivity index (χ1v) is 15.3. The summed E-state index contributed by atoms with van der Waals surface area (Å²) in [5.41, 5.74) is -1.12. The summed E-state index contributed by atoms with van der Waals surface area (Å²) in [5.74, 6) is 0.554. The largest absolute Gasteiger partial charge is 0.403 e. The van der Waals surface area contributed by atoms with Crippen LogP contribution in [0, 0.1) is 12.8 Å². The number of anilines is 1. The number of aromatic amines is 2. The van der Waals surface area contributed by atoms with E-state index in [1.165, 1.54) is 24.0 Å². The van der Waals surface area contributed by atoms with Gasteiger partial charge in [0.25, 0.3) is 11.1 Å². The number of H-pyrrole nitrogens is 2. The highest BCUT2D eigenvalue weighted by atomic mass is 31.2. The van der Waals surface area contributed by atoms with Gasteiger partial charge in [-0.3, -0.25) is 33.2 Å². The molecule has 0 aromatic carbocycles. The van der Waals surface area contributed by atoms with Gasteiger partial charge in [-0.05, 0) is 12.8 Å². The van der Waals surface area contributed by atoms with E-state index in [-0.39, 0.29) is 35.5 Å². The molecule has 0 radical (unpaired) electrons. The van der Waals surface area contributed by atoms with E-state index in [1.807, 2.05) is 13.8 Å². The van der Waals surface area contributed by atoms with Crippen molar-refractivity contribution < 1.29 is 33.7 Å². The topological polar surface area (TPSA) is 248 Å². The van der Waals surface area contributed by atoms with Crippen molar-refractivity contribution in [2.75, 3.05) is 25.1 Å². The van der Waals surface area contributed by atoms with Crippen molar-refractivity contribution >= 4 is 24.9 Å². The summed E-state index contributed by atoms with van der Waals surface area (Å²) in [6.45, 7) is 5.10. The standard InChI is InChI=1S/C24H35N8O10P/c1-11(2)6-25-23-27-20-19(22(36)28-23)26-10-32(20)17-4-13(15(8-33)41-17)30-43(38,39)40-9-16-14(34)5-18(42-16)31-7-12(3)21(35)29-24(31)37/h7,10-11,13-18,33-34H,4-6,8-9H2,1-3H3,(H,29,35,37)(H2,30,38,39)(H2,25,27,28,36)/t13-,14-,15+,16+,17+,18+/m0/s1. The van der Waals surface area contributed by atoms with Crippen LogP contribution in [0.2, 0.25) is 0 Å². The minimum Gasteiger partial charge on any atom is -0.394 e. The smallest absolute Gasteiger partial charge is 0.394 e. The van der Waals surface area contributed by atoms with E-state index in [4.69, 9.17) is 14.0 Å². The lowest BCUT2D eigenvalue weighted by Gasteiger charge is -2.23. The molecule has 2 saturated heterocycles. The summed E-state index contributed by atoms with van der Waals surface area (Å²) in [7, 11) is -4.53. The zero-order valence-corrected chi connectivity index (χ0v) is 24.6. The van der Waals surface area contributed by atoms with E-state index >= 15 is 0 Å². The first kappa shape index (κ1) is 31.2. The molecule has 43 heavy (non-hydrogen) atoms. The minimum absolute atomic E-state index is 0.0161. The minimum atomic E-state index is -4.53. The van der Waals surface area contributed by atoms with Crippen molar-refractivity contribution in [2.45, 2.75) is 70.4 Å². The molecule has 2 aliphatic rings. The summed E-state index contributed by atoms with van der Waals surface area (Å²) in [6.07, 6.45) is -2.04. The normalized spacial score (nSPS) is 27.2. The summed E-state index contributed by atoms with van der Waals surface area (Å²) in [5, 5.41) is 25.9. The van der Waals surface area contributed by atoms with Crippen LogP contribution in [0.15, 0.2) is 26.9 Å². The maximum Gasteiger partial charge on any atom is 0.403 e. The number of ether oxygens (including phenoxy) is 2. The number of hydrogen-bond donors (Lipinski definition) is 7. The molecule has 0 aliphatic carbocycles. The summed E-state index contributed by atoms with van der Waals surface area (Å²) >= 11 is 0. The highest BCUT2D eigenvalue weighted by Crippen LogP contribution is 2.43. The molecule has 3 aromatic heterocycles. The van der Waals surface area contributed by atoms with Crippen molar-refractivity contribution in [1.82, 2.24) is 34.2 Å². The molecule has 2 fully saturated rings. The molecule has 0 bridgehead atoms. The number of imidazole rings is 1. The molecule has 236 valence electrons. The van der Waals surface area contributed by atoms with Crippen LogP contribution in [0.1, 0.15) is 44.7 Å². The van der Waals surface area contributed by atoms with Gasteiger partial charge in [0, 0.05) is 31.1 Å². The van der Waals surface area contributed by atoms with Crippen molar-refractivity contribution in [3.63, 3.8) is 0 Å². The Morgan fingerprint density at radius 3 is 2.58 bits per heavy atom. The van der Waals surface area contributed by atoms with Crippen LogP contribution in [0.4, 0.5) is 5.95 Å². The number of nitrogens with zero attached hydrogens (tertiary/aromatic N) is 4. The number of aliphatic hydroxyl groups excluding tert-OH is 2. The molecular formula is C24H35N8O10P. The molecular weight excluding hydrogens is 591 g/mol. The monoisotopic (exact) mass is 626 g/mol. The van der Waals surface area contributed by atoms with Crippen LogP contribution in [-0.2, 0) is 18.6 Å². The van der Waals surface area contributed by atoms with Crippen LogP contribution in [0.3, 0.4) is 0 Å². The van der Waals surface area contributed by atoms with Crippen molar-refractivity contribution in [1.29, 1.82) is 0 Å². The molecule has 0 spiro atoms. The fourth-order valence-electron chi connectivity index (χ4n) is 4.99. The van der Waals surface area contributed by atoms with Gasteiger partial charge >= 0.3 is 13.4 Å². The molecule has 7 atom stereocenters. The Hall–Kier alpha value is -3.22. The van der Waals surface area contributed by atoms with Gasteiger partial charge in [0.05, 0.1) is 37.8 Å². The second-order valence-corrected chi connectivity index (χ2v) is 12.6. The maximum absolute atomic E-state index is 13.0. The Balaban J connectivity index is 1.24. The average Bonchev–Trinajstić information content (AvgIpc) is 3.64. The van der Waals surface area contributed by atoms with Gasteiger partial charge in [0.1, 0.15) is 18.6 Å². The Morgan fingerprint density at radius 2 is 1.86 bits per heavy atom. The fraction of sp³-hybridized carbons (Fsp3) is 0.625. The van der Waals surface area contributed by atoms with E-state index in [1.54, 1.807) is 0 Å². The first-order valence-electron chi connectivity index (χ1n) is 13.7. The lowest BCUT2D eigenvalue weighted by molar-refractivity contribution is -0.0434. The molecule has 0 saturated carbocycles. The average molecular weight is 627 g/mol. The van der Waals surface area contributed by atoms with Gasteiger partial charge in [0.15, 0.2) is 11.2 Å². The molecule has 19 heteroatoms. The number of nitrogens with one attached hydrogen (secondary N) is 4. The molecule has 7 N–H and O–H groups in total. The van der Waals surface area contributed by atoms with Crippen molar-refractivity contribution in [3.05, 3.63) is 49.3 Å². The molecule has 5 heterocycles. The number of aliphatic hydroxyl groups is 2. The van der Waals surface area contributed by atoms with Gasteiger partial charge in [-0.1, -0.05) is 13.8 Å². The molecule has 1 unspecified atom stereocenters. The molecule has 18 nitrogen and oxygen atoms in total. The SMILES string of the molecule is Cc1cn([C@H]2C[C@H](O)[C@@H](COP(=O)(O)N[C@H]3C[C@H](n4cnc5c(=O)[nH]c(NCC(C)C)nc54)O[C@@H]3CO)O2)c(=O)[nH]c1=O. The number of aromatic nitrogens is 6. The number of hydrogen-bond acceptors (Lipinski definition) is 12. The van der Waals surface area contributed by atoms with Crippen molar-refractivity contribution in [2.24, 2.45) is 5.92 Å². The summed E-state index contributed by atoms with van der Waals surface area (Å²) in [6, 6.07) is -0.853. The van der Waals surface area contributed by atoms with E-state index in [0.717, 1.165) is 4.57 Å². The van der Waals surface area contributed by atoms with E-state index in [9.17, 15) is 34.1 Å². The van der Waals surface area contributed by atoms with E-state index < -0.39 is 74.6 Å². The van der Waals surface area contributed by atoms with Crippen LogP contribution in [0.25, 0.3) is 11.2 Å². The zero-order chi connectivity index (χ0) is 31.1. The van der Waals surface area contributed by atoms with Gasteiger partial charge in [0.2, 0.25) is 5.95 Å². The second kappa shape index (κ2) is 12.4. The van der Waals surface area contributed by atoms with E-state index in [2.05, 4.69) is 30.3 Å². The van der Waals surface area contributed by atoms with Gasteiger partial charge in [-0.15, -0.1) is 0 Å². The van der Waals surface area contributed by atoms with Gasteiger partial charge < -0.3 is 29.9 Å². The highest BCUT2D eigenvalue weighted by Gasteiger charge is 2.42. The maximum atomic E-state index is 13.0. The quantitative estimate of drug-likeness (QED) is 0.127. The molecule has 3 aromatic rings. The Kier molecular flexibility index (Phi) is 9.01. The third-order valence-electron chi connectivity index (χ3n) is 7.24. The van der Waals surface area contributed by atoms with Crippen LogP contribution in [-0.4, -0.2) is 88.3 Å². The van der Waals surface area contributed by atoms with Crippen LogP contribution >= 0.6 is 7.75 Å². The number of aryl methyl sites for hydroxylation is 1. The number of fused-ring (bicyclic) bond motifs is 1.